The van der Waals surface area contributed by atoms with Crippen molar-refractivity contribution >= 4 is 17.3 Å². The van der Waals surface area contributed by atoms with Gasteiger partial charge in [-0.15, -0.1) is 11.3 Å². The molecule has 2 heterocycles. The fraction of sp³-hybridized carbons (Fsp3) is 0.583. The molecule has 0 amide bonds. The molecule has 0 aromatic carbocycles. The minimum Gasteiger partial charge on any atom is -0.480 e. The van der Waals surface area contributed by atoms with E-state index in [1.54, 1.807) is 11.3 Å². The molecule has 2 rings (SSSR count). The average Bonchev–Trinajstić information content (AvgIpc) is 2.98. The maximum Gasteiger partial charge on any atom is 0.320 e. The lowest BCUT2D eigenvalue weighted by Crippen LogP contribution is -2.36. The van der Waals surface area contributed by atoms with Gasteiger partial charge >= 0.3 is 5.97 Å². The van der Waals surface area contributed by atoms with Crippen LogP contribution in [0.25, 0.3) is 0 Å². The van der Waals surface area contributed by atoms with Crippen LogP contribution in [0.1, 0.15) is 30.2 Å². The molecule has 0 bridgehead atoms. The van der Waals surface area contributed by atoms with Crippen LogP contribution in [0.2, 0.25) is 0 Å². The van der Waals surface area contributed by atoms with Crippen molar-refractivity contribution in [3.05, 3.63) is 22.4 Å². The van der Waals surface area contributed by atoms with Crippen LogP contribution in [0.3, 0.4) is 0 Å². The van der Waals surface area contributed by atoms with Gasteiger partial charge in [-0.3, -0.25) is 9.69 Å². The van der Waals surface area contributed by atoms with Gasteiger partial charge in [0.15, 0.2) is 0 Å². The first-order valence-electron chi connectivity index (χ1n) is 5.94. The van der Waals surface area contributed by atoms with E-state index in [1.165, 1.54) is 17.7 Å². The van der Waals surface area contributed by atoms with Crippen molar-refractivity contribution in [1.29, 1.82) is 0 Å². The third-order valence-corrected chi connectivity index (χ3v) is 4.22. The Kier molecular flexibility index (Phi) is 4.15. The summed E-state index contributed by atoms with van der Waals surface area (Å²) >= 11 is 1.68. The van der Waals surface area contributed by atoms with Crippen molar-refractivity contribution < 1.29 is 9.90 Å². The molecule has 94 valence electrons. The molecule has 1 aromatic heterocycles. The van der Waals surface area contributed by atoms with E-state index in [1.807, 2.05) is 11.4 Å². The van der Waals surface area contributed by atoms with Crippen molar-refractivity contribution in [2.75, 3.05) is 13.1 Å². The number of carbonyl (C=O) groups is 1. The lowest BCUT2D eigenvalue weighted by atomic mass is 10.1. The van der Waals surface area contributed by atoms with Gasteiger partial charge in [-0.05, 0) is 43.8 Å². The molecule has 5 heteroatoms. The Morgan fingerprint density at radius 1 is 1.53 bits per heavy atom. The van der Waals surface area contributed by atoms with Crippen LogP contribution in [0.5, 0.6) is 0 Å². The lowest BCUT2D eigenvalue weighted by molar-refractivity contribution is -0.139. The highest BCUT2D eigenvalue weighted by molar-refractivity contribution is 7.10. The van der Waals surface area contributed by atoms with Gasteiger partial charge in [-0.1, -0.05) is 6.07 Å². The van der Waals surface area contributed by atoms with Crippen molar-refractivity contribution in [2.24, 2.45) is 5.73 Å². The molecule has 0 spiro atoms. The van der Waals surface area contributed by atoms with Crippen molar-refractivity contribution in [2.45, 2.75) is 31.3 Å². The van der Waals surface area contributed by atoms with E-state index in [2.05, 4.69) is 11.0 Å². The monoisotopic (exact) mass is 254 g/mol. The Labute approximate surface area is 105 Å². The summed E-state index contributed by atoms with van der Waals surface area (Å²) in [5.74, 6) is -0.911. The number of aliphatic carboxylic acids is 1. The summed E-state index contributed by atoms with van der Waals surface area (Å²) in [4.78, 5) is 14.5. The Morgan fingerprint density at radius 3 is 2.76 bits per heavy atom. The van der Waals surface area contributed by atoms with Gasteiger partial charge in [0, 0.05) is 10.9 Å². The molecule has 0 unspecified atom stereocenters. The highest BCUT2D eigenvalue weighted by atomic mass is 32.1. The van der Waals surface area contributed by atoms with E-state index < -0.39 is 12.0 Å². The fourth-order valence-corrected chi connectivity index (χ4v) is 3.19. The van der Waals surface area contributed by atoms with Crippen LogP contribution in [0.15, 0.2) is 17.5 Å². The molecule has 1 aromatic rings. The predicted octanol–water partition coefficient (Wildman–Crippen LogP) is 1.69. The largest absolute Gasteiger partial charge is 0.480 e. The van der Waals surface area contributed by atoms with Gasteiger partial charge in [0.2, 0.25) is 0 Å². The number of likely N-dealkylation sites (tertiary alicyclic amines) is 1. The topological polar surface area (TPSA) is 66.6 Å². The highest BCUT2D eigenvalue weighted by Crippen LogP contribution is 2.31. The van der Waals surface area contributed by atoms with Crippen LogP contribution < -0.4 is 5.73 Å². The van der Waals surface area contributed by atoms with E-state index in [-0.39, 0.29) is 6.04 Å². The quantitative estimate of drug-likeness (QED) is 0.839. The van der Waals surface area contributed by atoms with Gasteiger partial charge in [0.1, 0.15) is 6.04 Å². The number of hydrogen-bond acceptors (Lipinski definition) is 4. The van der Waals surface area contributed by atoms with Crippen LogP contribution in [0, 0.1) is 0 Å². The zero-order valence-electron chi connectivity index (χ0n) is 9.71. The Balaban J connectivity index is 2.09. The minimum absolute atomic E-state index is 0.170. The second-order valence-electron chi connectivity index (χ2n) is 4.45. The molecule has 0 radical (unpaired) electrons. The summed E-state index contributed by atoms with van der Waals surface area (Å²) in [6.07, 6.45) is 2.89. The third-order valence-electron chi connectivity index (χ3n) is 3.25. The van der Waals surface area contributed by atoms with Crippen LogP contribution >= 0.6 is 11.3 Å². The first-order valence-corrected chi connectivity index (χ1v) is 6.82. The average molecular weight is 254 g/mol. The van der Waals surface area contributed by atoms with E-state index >= 15 is 0 Å². The van der Waals surface area contributed by atoms with Gasteiger partial charge in [0.25, 0.3) is 0 Å². The van der Waals surface area contributed by atoms with Crippen LogP contribution in [0.4, 0.5) is 0 Å². The van der Waals surface area contributed by atoms with Crippen molar-refractivity contribution in [1.82, 2.24) is 4.90 Å². The molecular weight excluding hydrogens is 236 g/mol. The number of nitrogens with zero attached hydrogens (tertiary/aromatic N) is 1. The van der Waals surface area contributed by atoms with Gasteiger partial charge in [-0.25, -0.2) is 0 Å². The van der Waals surface area contributed by atoms with Crippen molar-refractivity contribution in [3.63, 3.8) is 0 Å². The van der Waals surface area contributed by atoms with Crippen molar-refractivity contribution in [3.8, 4) is 0 Å². The summed E-state index contributed by atoms with van der Waals surface area (Å²) in [7, 11) is 0. The molecule has 1 saturated heterocycles. The normalized spacial score (nSPS) is 20.3. The third kappa shape index (κ3) is 3.06. The van der Waals surface area contributed by atoms with Crippen LogP contribution in [-0.2, 0) is 4.79 Å². The molecular formula is C12H18N2O2S. The maximum atomic E-state index is 10.9. The minimum atomic E-state index is -0.911. The van der Waals surface area contributed by atoms with Gasteiger partial charge in [-0.2, -0.15) is 0 Å². The zero-order valence-corrected chi connectivity index (χ0v) is 10.5. The summed E-state index contributed by atoms with van der Waals surface area (Å²) in [6.45, 7) is 2.10. The second kappa shape index (κ2) is 5.62. The molecule has 17 heavy (non-hydrogen) atoms. The number of rotatable bonds is 5. The maximum absolute atomic E-state index is 10.9. The summed E-state index contributed by atoms with van der Waals surface area (Å²) < 4.78 is 0. The van der Waals surface area contributed by atoms with E-state index in [9.17, 15) is 4.79 Å². The lowest BCUT2D eigenvalue weighted by Gasteiger charge is -2.27. The molecule has 1 aliphatic heterocycles. The first kappa shape index (κ1) is 12.5. The molecule has 1 fully saturated rings. The van der Waals surface area contributed by atoms with E-state index in [0.717, 1.165) is 13.1 Å². The first-order chi connectivity index (χ1) is 8.18. The number of carboxylic acids is 1. The number of carboxylic acid groups (broad SMARTS) is 1. The smallest absolute Gasteiger partial charge is 0.320 e. The molecule has 2 atom stereocenters. The zero-order chi connectivity index (χ0) is 12.3. The molecule has 1 aliphatic rings. The molecule has 0 saturated carbocycles. The van der Waals surface area contributed by atoms with E-state index in [0.29, 0.717) is 6.42 Å². The highest BCUT2D eigenvalue weighted by Gasteiger charge is 2.28. The predicted molar refractivity (Wildman–Crippen MR) is 68.1 cm³/mol. The molecule has 0 aliphatic carbocycles. The van der Waals surface area contributed by atoms with Gasteiger partial charge in [0.05, 0.1) is 0 Å². The summed E-state index contributed by atoms with van der Waals surface area (Å²) in [5.41, 5.74) is 5.67. The Hall–Kier alpha value is -0.910. The Morgan fingerprint density at radius 2 is 2.24 bits per heavy atom. The summed E-state index contributed by atoms with van der Waals surface area (Å²) in [6, 6.07) is 3.48. The number of hydrogen-bond donors (Lipinski definition) is 2. The summed E-state index contributed by atoms with van der Waals surface area (Å²) in [5, 5.41) is 11.0. The van der Waals surface area contributed by atoms with E-state index in [4.69, 9.17) is 10.8 Å². The molecule has 3 N–H and O–H groups in total. The second-order valence-corrected chi connectivity index (χ2v) is 5.43. The molecule has 4 nitrogen and oxygen atoms in total. The number of nitrogens with two attached hydrogens (primary N) is 1. The van der Waals surface area contributed by atoms with Crippen LogP contribution in [-0.4, -0.2) is 35.1 Å². The fourth-order valence-electron chi connectivity index (χ4n) is 2.32. The number of thiophene rings is 1. The standard InChI is InChI=1S/C12H18N2O2S/c13-9(12(15)16)8-10(11-4-3-7-17-11)14-5-1-2-6-14/h3-4,7,9-10H,1-2,5-6,8,13H2,(H,15,16)/t9-,10+/m0/s1. The van der Waals surface area contributed by atoms with Gasteiger partial charge < -0.3 is 10.8 Å². The SMILES string of the molecule is N[C@@H](C[C@H](c1cccs1)N1CCCC1)C(=O)O. The Bertz CT molecular complexity index is 361.